The van der Waals surface area contributed by atoms with Crippen LogP contribution in [0.4, 0.5) is 0 Å². The molecule has 1 atom stereocenters. The van der Waals surface area contributed by atoms with Crippen molar-refractivity contribution in [1.82, 2.24) is 4.90 Å². The van der Waals surface area contributed by atoms with Crippen LogP contribution < -0.4 is 4.74 Å². The third-order valence-corrected chi connectivity index (χ3v) is 5.33. The summed E-state index contributed by atoms with van der Waals surface area (Å²) in [5.74, 6) is 3.13. The number of ether oxygens (including phenoxy) is 2. The lowest BCUT2D eigenvalue weighted by atomic mass is 10.2. The maximum absolute atomic E-state index is 6.19. The summed E-state index contributed by atoms with van der Waals surface area (Å²) >= 11 is 1.96. The van der Waals surface area contributed by atoms with Crippen LogP contribution in [0.15, 0.2) is 30.3 Å². The van der Waals surface area contributed by atoms with Crippen molar-refractivity contribution in [2.24, 2.45) is 0 Å². The number of rotatable bonds is 10. The van der Waals surface area contributed by atoms with Crippen LogP contribution in [0.3, 0.4) is 0 Å². The van der Waals surface area contributed by atoms with Gasteiger partial charge in [-0.25, -0.2) is 0 Å². The van der Waals surface area contributed by atoms with Gasteiger partial charge in [-0.1, -0.05) is 38.0 Å². The van der Waals surface area contributed by atoms with E-state index in [1.165, 1.54) is 50.9 Å². The van der Waals surface area contributed by atoms with E-state index in [2.05, 4.69) is 11.8 Å². The second-order valence-electron chi connectivity index (χ2n) is 6.15. The summed E-state index contributed by atoms with van der Waals surface area (Å²) in [5, 5.41) is 0. The molecule has 0 spiro atoms. The van der Waals surface area contributed by atoms with Crippen molar-refractivity contribution in [1.29, 1.82) is 0 Å². The largest absolute Gasteiger partial charge is 0.491 e. The second kappa shape index (κ2) is 11.8. The van der Waals surface area contributed by atoms with Crippen molar-refractivity contribution >= 4 is 11.8 Å². The Bertz CT molecular complexity index is 394. The predicted octanol–water partition coefficient (Wildman–Crippen LogP) is 4.43. The first-order valence-electron chi connectivity index (χ1n) is 8.98. The summed E-state index contributed by atoms with van der Waals surface area (Å²) in [6.45, 7) is 5.95. The third-order valence-electron chi connectivity index (χ3n) is 4.02. The number of hydrogen-bond acceptors (Lipinski definition) is 4. The van der Waals surface area contributed by atoms with Gasteiger partial charge < -0.3 is 9.47 Å². The van der Waals surface area contributed by atoms with Crippen molar-refractivity contribution in [3.05, 3.63) is 30.3 Å². The number of para-hydroxylation sites is 1. The molecule has 1 heterocycles. The highest BCUT2D eigenvalue weighted by atomic mass is 32.2. The second-order valence-corrected chi connectivity index (χ2v) is 7.30. The van der Waals surface area contributed by atoms with Crippen LogP contribution >= 0.6 is 11.8 Å². The highest BCUT2D eigenvalue weighted by Crippen LogP contribution is 2.14. The Kier molecular flexibility index (Phi) is 9.53. The Balaban J connectivity index is 1.75. The molecule has 1 aromatic carbocycles. The zero-order valence-corrected chi connectivity index (χ0v) is 15.2. The van der Waals surface area contributed by atoms with Gasteiger partial charge in [0.1, 0.15) is 18.5 Å². The van der Waals surface area contributed by atoms with Crippen molar-refractivity contribution in [3.63, 3.8) is 0 Å². The molecule has 4 heteroatoms. The number of benzene rings is 1. The first-order valence-corrected chi connectivity index (χ1v) is 10.1. The van der Waals surface area contributed by atoms with E-state index < -0.39 is 0 Å². The number of nitrogens with zero attached hydrogens (tertiary/aromatic N) is 1. The lowest BCUT2D eigenvalue weighted by molar-refractivity contribution is -0.0286. The molecular formula is C19H31NO2S. The summed E-state index contributed by atoms with van der Waals surface area (Å²) in [6.07, 6.45) is 6.71. The van der Waals surface area contributed by atoms with Crippen LogP contribution in [0.2, 0.25) is 0 Å². The van der Waals surface area contributed by atoms with E-state index in [-0.39, 0.29) is 6.10 Å². The normalized spacial score (nSPS) is 17.6. The molecule has 1 aliphatic rings. The quantitative estimate of drug-likeness (QED) is 0.589. The molecule has 0 radical (unpaired) electrons. The maximum atomic E-state index is 6.19. The van der Waals surface area contributed by atoms with E-state index in [1.807, 2.05) is 42.1 Å². The summed E-state index contributed by atoms with van der Waals surface area (Å²) in [7, 11) is 0. The fraction of sp³-hybridized carbons (Fsp3) is 0.684. The minimum absolute atomic E-state index is 0.162. The molecule has 0 bridgehead atoms. The van der Waals surface area contributed by atoms with Gasteiger partial charge in [-0.2, -0.15) is 11.8 Å². The molecule has 0 aliphatic carbocycles. The summed E-state index contributed by atoms with van der Waals surface area (Å²) in [5.41, 5.74) is 0. The molecule has 0 amide bonds. The SMILES string of the molecule is CCCSCC(COc1ccccc1)OCN1CCCCCC1. The van der Waals surface area contributed by atoms with Crippen molar-refractivity contribution < 1.29 is 9.47 Å². The van der Waals surface area contributed by atoms with Crippen LogP contribution in [0.25, 0.3) is 0 Å². The molecule has 1 fully saturated rings. The summed E-state index contributed by atoms with van der Waals surface area (Å²) < 4.78 is 12.1. The van der Waals surface area contributed by atoms with E-state index in [9.17, 15) is 0 Å². The topological polar surface area (TPSA) is 21.7 Å². The van der Waals surface area contributed by atoms with E-state index >= 15 is 0 Å². The zero-order valence-electron chi connectivity index (χ0n) is 14.4. The summed E-state index contributed by atoms with van der Waals surface area (Å²) in [4.78, 5) is 2.45. The fourth-order valence-corrected chi connectivity index (χ4v) is 3.60. The maximum Gasteiger partial charge on any atom is 0.119 e. The summed E-state index contributed by atoms with van der Waals surface area (Å²) in [6, 6.07) is 10.0. The van der Waals surface area contributed by atoms with Gasteiger partial charge in [0.15, 0.2) is 0 Å². The van der Waals surface area contributed by atoms with Gasteiger partial charge in [-0.05, 0) is 37.1 Å². The van der Waals surface area contributed by atoms with E-state index in [1.54, 1.807) is 0 Å². The van der Waals surface area contributed by atoms with Gasteiger partial charge >= 0.3 is 0 Å². The molecule has 1 unspecified atom stereocenters. The Hall–Kier alpha value is -0.710. The number of thioether (sulfide) groups is 1. The van der Waals surface area contributed by atoms with E-state index in [0.29, 0.717) is 6.61 Å². The molecule has 23 heavy (non-hydrogen) atoms. The molecule has 1 saturated heterocycles. The van der Waals surface area contributed by atoms with Crippen LogP contribution in [0, 0.1) is 0 Å². The van der Waals surface area contributed by atoms with Gasteiger partial charge in [0.2, 0.25) is 0 Å². The first-order chi connectivity index (χ1) is 11.4. The smallest absolute Gasteiger partial charge is 0.119 e. The zero-order chi connectivity index (χ0) is 16.2. The molecule has 0 N–H and O–H groups in total. The van der Waals surface area contributed by atoms with Crippen LogP contribution in [0.5, 0.6) is 5.75 Å². The minimum Gasteiger partial charge on any atom is -0.491 e. The van der Waals surface area contributed by atoms with Gasteiger partial charge in [0.05, 0.1) is 6.73 Å². The molecule has 3 nitrogen and oxygen atoms in total. The van der Waals surface area contributed by atoms with Gasteiger partial charge in [0.25, 0.3) is 0 Å². The third kappa shape index (κ3) is 8.09. The number of likely N-dealkylation sites (tertiary alicyclic amines) is 1. The fourth-order valence-electron chi connectivity index (χ4n) is 2.69. The van der Waals surface area contributed by atoms with Crippen molar-refractivity contribution in [2.75, 3.05) is 37.9 Å². The molecular weight excluding hydrogens is 306 g/mol. The Labute approximate surface area is 145 Å². The minimum atomic E-state index is 0.162. The molecule has 1 aromatic rings. The Morgan fingerprint density at radius 1 is 1.09 bits per heavy atom. The van der Waals surface area contributed by atoms with E-state index in [0.717, 1.165) is 18.2 Å². The monoisotopic (exact) mass is 337 g/mol. The Morgan fingerprint density at radius 2 is 1.83 bits per heavy atom. The molecule has 0 aromatic heterocycles. The average molecular weight is 338 g/mol. The lowest BCUT2D eigenvalue weighted by Gasteiger charge is -2.24. The van der Waals surface area contributed by atoms with Crippen LogP contribution in [-0.4, -0.2) is 48.9 Å². The Morgan fingerprint density at radius 3 is 2.52 bits per heavy atom. The van der Waals surface area contributed by atoms with Crippen LogP contribution in [-0.2, 0) is 4.74 Å². The van der Waals surface area contributed by atoms with Gasteiger partial charge in [0, 0.05) is 18.8 Å². The van der Waals surface area contributed by atoms with Crippen molar-refractivity contribution in [2.45, 2.75) is 45.1 Å². The molecule has 2 rings (SSSR count). The van der Waals surface area contributed by atoms with Crippen molar-refractivity contribution in [3.8, 4) is 5.75 Å². The van der Waals surface area contributed by atoms with E-state index in [4.69, 9.17) is 9.47 Å². The number of hydrogen-bond donors (Lipinski definition) is 0. The first kappa shape index (κ1) is 18.6. The lowest BCUT2D eigenvalue weighted by Crippen LogP contribution is -2.33. The average Bonchev–Trinajstić information content (AvgIpc) is 2.87. The van der Waals surface area contributed by atoms with Crippen LogP contribution in [0.1, 0.15) is 39.0 Å². The molecule has 130 valence electrons. The highest BCUT2D eigenvalue weighted by molar-refractivity contribution is 7.99. The molecule has 1 aliphatic heterocycles. The molecule has 0 saturated carbocycles. The predicted molar refractivity (Wildman–Crippen MR) is 99.3 cm³/mol. The standard InChI is InChI=1S/C19H31NO2S/c1-2-14-23-16-19(15-21-18-10-6-5-7-11-18)22-17-20-12-8-3-4-9-13-20/h5-7,10-11,19H,2-4,8-9,12-17H2,1H3. The highest BCUT2D eigenvalue weighted by Gasteiger charge is 2.14. The van der Waals surface area contributed by atoms with Gasteiger partial charge in [-0.3, -0.25) is 4.90 Å². The van der Waals surface area contributed by atoms with Gasteiger partial charge in [-0.15, -0.1) is 0 Å².